The van der Waals surface area contributed by atoms with Crippen molar-refractivity contribution in [3.8, 4) is 0 Å². The van der Waals surface area contributed by atoms with Gasteiger partial charge in [0.05, 0.1) is 0 Å². The van der Waals surface area contributed by atoms with Crippen LogP contribution in [0, 0.1) is 13.8 Å². The van der Waals surface area contributed by atoms with Crippen molar-refractivity contribution in [3.63, 3.8) is 0 Å². The Morgan fingerprint density at radius 1 is 1.10 bits per heavy atom. The lowest BCUT2D eigenvalue weighted by atomic mass is 9.98. The van der Waals surface area contributed by atoms with Gasteiger partial charge < -0.3 is 5.32 Å². The number of hydrogen-bond donors (Lipinski definition) is 1. The number of likely N-dealkylation sites (N-methyl/N-ethyl adjacent to an activating group) is 1. The highest BCUT2D eigenvalue weighted by Crippen LogP contribution is 2.13. The van der Waals surface area contributed by atoms with E-state index < -0.39 is 0 Å². The van der Waals surface area contributed by atoms with Crippen molar-refractivity contribution in [2.45, 2.75) is 46.1 Å². The minimum absolute atomic E-state index is 0.513. The lowest BCUT2D eigenvalue weighted by Crippen LogP contribution is -2.31. The molecule has 2 aromatic rings. The second kappa shape index (κ2) is 7.94. The molecule has 0 saturated heterocycles. The van der Waals surface area contributed by atoms with E-state index in [1.54, 1.807) is 0 Å². The van der Waals surface area contributed by atoms with E-state index in [9.17, 15) is 0 Å². The molecule has 0 aliphatic heterocycles. The van der Waals surface area contributed by atoms with Crippen LogP contribution in [0.3, 0.4) is 0 Å². The number of aromatic nitrogens is 1. The maximum absolute atomic E-state index is 4.42. The third-order valence-corrected chi connectivity index (χ3v) is 4.02. The molecular weight excluding hydrogens is 256 g/mol. The third-order valence-electron chi connectivity index (χ3n) is 4.02. The van der Waals surface area contributed by atoms with Crippen molar-refractivity contribution in [2.75, 3.05) is 6.54 Å². The second-order valence-electron chi connectivity index (χ2n) is 5.74. The smallest absolute Gasteiger partial charge is 0.0404 e. The molecule has 2 heteroatoms. The van der Waals surface area contributed by atoms with Gasteiger partial charge in [0.25, 0.3) is 0 Å². The lowest BCUT2D eigenvalue weighted by Gasteiger charge is -2.18. The van der Waals surface area contributed by atoms with Crippen LogP contribution in [-0.4, -0.2) is 17.6 Å². The molecule has 112 valence electrons. The predicted molar refractivity (Wildman–Crippen MR) is 89.6 cm³/mol. The number of rotatable bonds is 7. The number of hydrogen-bond acceptors (Lipinski definition) is 2. The summed E-state index contributed by atoms with van der Waals surface area (Å²) in [5.41, 5.74) is 5.35. The Morgan fingerprint density at radius 3 is 2.62 bits per heavy atom. The average molecular weight is 282 g/mol. The average Bonchev–Trinajstić information content (AvgIpc) is 2.50. The number of nitrogens with one attached hydrogen (secondary N) is 1. The van der Waals surface area contributed by atoms with Gasteiger partial charge >= 0.3 is 0 Å². The predicted octanol–water partition coefficient (Wildman–Crippen LogP) is 3.85. The van der Waals surface area contributed by atoms with E-state index >= 15 is 0 Å². The monoisotopic (exact) mass is 282 g/mol. The van der Waals surface area contributed by atoms with Crippen molar-refractivity contribution in [1.82, 2.24) is 10.3 Å². The Bertz CT molecular complexity index is 549. The van der Waals surface area contributed by atoms with Crippen LogP contribution in [0.1, 0.15) is 35.7 Å². The summed E-state index contributed by atoms with van der Waals surface area (Å²) in [6, 6.07) is 13.5. The van der Waals surface area contributed by atoms with Crippen molar-refractivity contribution < 1.29 is 0 Å². The van der Waals surface area contributed by atoms with Crippen LogP contribution in [0.5, 0.6) is 0 Å². The normalized spacial score (nSPS) is 12.3. The Labute approximate surface area is 128 Å². The van der Waals surface area contributed by atoms with Crippen LogP contribution in [0.2, 0.25) is 0 Å². The first-order chi connectivity index (χ1) is 10.2. The summed E-state index contributed by atoms with van der Waals surface area (Å²) >= 11 is 0. The largest absolute Gasteiger partial charge is 0.314 e. The van der Waals surface area contributed by atoms with Crippen LogP contribution in [0.4, 0.5) is 0 Å². The Balaban J connectivity index is 1.96. The van der Waals surface area contributed by atoms with Gasteiger partial charge in [-0.05, 0) is 68.5 Å². The summed E-state index contributed by atoms with van der Waals surface area (Å²) in [6.45, 7) is 7.54. The number of pyridine rings is 1. The van der Waals surface area contributed by atoms with Gasteiger partial charge in [-0.25, -0.2) is 0 Å². The summed E-state index contributed by atoms with van der Waals surface area (Å²) in [6.07, 6.45) is 5.11. The fourth-order valence-corrected chi connectivity index (χ4v) is 2.65. The quantitative estimate of drug-likeness (QED) is 0.834. The summed E-state index contributed by atoms with van der Waals surface area (Å²) in [4.78, 5) is 4.42. The van der Waals surface area contributed by atoms with Gasteiger partial charge in [-0.15, -0.1) is 0 Å². The molecule has 0 aliphatic rings. The maximum atomic E-state index is 4.42. The molecule has 2 rings (SSSR count). The topological polar surface area (TPSA) is 24.9 Å². The van der Waals surface area contributed by atoms with E-state index in [0.717, 1.165) is 25.8 Å². The molecule has 1 atom stereocenters. The fourth-order valence-electron chi connectivity index (χ4n) is 2.65. The van der Waals surface area contributed by atoms with E-state index in [0.29, 0.717) is 6.04 Å². The van der Waals surface area contributed by atoms with E-state index in [1.165, 1.54) is 22.4 Å². The van der Waals surface area contributed by atoms with Gasteiger partial charge in [0.15, 0.2) is 0 Å². The molecule has 0 radical (unpaired) electrons. The number of nitrogens with zero attached hydrogens (tertiary/aromatic N) is 1. The van der Waals surface area contributed by atoms with Gasteiger partial charge in [-0.3, -0.25) is 4.98 Å². The Morgan fingerprint density at radius 2 is 1.95 bits per heavy atom. The molecule has 0 fully saturated rings. The summed E-state index contributed by atoms with van der Waals surface area (Å²) < 4.78 is 0. The molecule has 1 N–H and O–H groups in total. The zero-order valence-corrected chi connectivity index (χ0v) is 13.4. The van der Waals surface area contributed by atoms with E-state index in [-0.39, 0.29) is 0 Å². The minimum atomic E-state index is 0.513. The van der Waals surface area contributed by atoms with Gasteiger partial charge in [0.1, 0.15) is 0 Å². The number of aryl methyl sites for hydroxylation is 3. The van der Waals surface area contributed by atoms with Crippen LogP contribution in [-0.2, 0) is 12.8 Å². The highest BCUT2D eigenvalue weighted by Gasteiger charge is 2.09. The summed E-state index contributed by atoms with van der Waals surface area (Å²) in [5, 5.41) is 3.61. The van der Waals surface area contributed by atoms with Gasteiger partial charge in [-0.1, -0.05) is 31.2 Å². The van der Waals surface area contributed by atoms with Gasteiger partial charge in [-0.2, -0.15) is 0 Å². The van der Waals surface area contributed by atoms with Crippen molar-refractivity contribution in [2.24, 2.45) is 0 Å². The lowest BCUT2D eigenvalue weighted by molar-refractivity contribution is 0.489. The molecule has 1 aromatic heterocycles. The van der Waals surface area contributed by atoms with E-state index in [4.69, 9.17) is 0 Å². The Hall–Kier alpha value is -1.67. The minimum Gasteiger partial charge on any atom is -0.314 e. The summed E-state index contributed by atoms with van der Waals surface area (Å²) in [7, 11) is 0. The standard InChI is InChI=1S/C19H26N2/c1-4-20-19(11-10-18-7-5-6-12-21-18)14-17-9-8-15(2)16(3)13-17/h5-9,12-13,19-20H,4,10-11,14H2,1-3H3. The van der Waals surface area contributed by atoms with Crippen molar-refractivity contribution >= 4 is 0 Å². The molecule has 2 nitrogen and oxygen atoms in total. The second-order valence-corrected chi connectivity index (χ2v) is 5.74. The van der Waals surface area contributed by atoms with Gasteiger partial charge in [0, 0.05) is 17.9 Å². The molecule has 0 bridgehead atoms. The highest BCUT2D eigenvalue weighted by atomic mass is 14.9. The summed E-state index contributed by atoms with van der Waals surface area (Å²) in [5.74, 6) is 0. The fraction of sp³-hybridized carbons (Fsp3) is 0.421. The number of benzene rings is 1. The zero-order valence-electron chi connectivity index (χ0n) is 13.4. The highest BCUT2D eigenvalue weighted by molar-refractivity contribution is 5.30. The first-order valence-corrected chi connectivity index (χ1v) is 7.88. The molecule has 21 heavy (non-hydrogen) atoms. The zero-order chi connectivity index (χ0) is 15.1. The third kappa shape index (κ3) is 4.98. The van der Waals surface area contributed by atoms with Crippen LogP contribution in [0.15, 0.2) is 42.6 Å². The molecular formula is C19H26N2. The van der Waals surface area contributed by atoms with Crippen molar-refractivity contribution in [1.29, 1.82) is 0 Å². The molecule has 1 heterocycles. The van der Waals surface area contributed by atoms with E-state index in [1.807, 2.05) is 12.3 Å². The SMILES string of the molecule is CCNC(CCc1ccccn1)Cc1ccc(C)c(C)c1. The van der Waals surface area contributed by atoms with Crippen LogP contribution < -0.4 is 5.32 Å². The van der Waals surface area contributed by atoms with Crippen molar-refractivity contribution in [3.05, 3.63) is 65.0 Å². The van der Waals surface area contributed by atoms with Gasteiger partial charge in [0.2, 0.25) is 0 Å². The van der Waals surface area contributed by atoms with Crippen LogP contribution >= 0.6 is 0 Å². The van der Waals surface area contributed by atoms with E-state index in [2.05, 4.69) is 61.4 Å². The first-order valence-electron chi connectivity index (χ1n) is 7.88. The first kappa shape index (κ1) is 15.7. The molecule has 0 aliphatic carbocycles. The molecule has 0 spiro atoms. The van der Waals surface area contributed by atoms with Crippen LogP contribution in [0.25, 0.3) is 0 Å². The molecule has 0 amide bonds. The maximum Gasteiger partial charge on any atom is 0.0404 e. The Kier molecular flexibility index (Phi) is 5.94. The molecule has 1 aromatic carbocycles. The molecule has 1 unspecified atom stereocenters. The molecule has 0 saturated carbocycles.